The minimum absolute atomic E-state index is 0.0351. The van der Waals surface area contributed by atoms with Gasteiger partial charge < -0.3 is 22.1 Å². The number of hydrogen-bond donors (Lipinski definition) is 3. The largest absolute Gasteiger partial charge is 0.383 e. The van der Waals surface area contributed by atoms with E-state index >= 15 is 0 Å². The van der Waals surface area contributed by atoms with Crippen molar-refractivity contribution in [3.8, 4) is 5.69 Å². The van der Waals surface area contributed by atoms with E-state index in [0.717, 1.165) is 24.8 Å². The number of nitrogens with zero attached hydrogens (tertiary/aromatic N) is 3. The van der Waals surface area contributed by atoms with Gasteiger partial charge in [-0.2, -0.15) is 4.98 Å². The van der Waals surface area contributed by atoms with E-state index < -0.39 is 11.7 Å². The van der Waals surface area contributed by atoms with Crippen molar-refractivity contribution in [3.63, 3.8) is 0 Å². The predicted molar refractivity (Wildman–Crippen MR) is 104 cm³/mol. The summed E-state index contributed by atoms with van der Waals surface area (Å²) in [6, 6.07) is 8.47. The summed E-state index contributed by atoms with van der Waals surface area (Å²) in [6.07, 6.45) is 4.70. The monoisotopic (exact) mass is 370 g/mol. The fourth-order valence-corrected chi connectivity index (χ4v) is 3.32. The van der Waals surface area contributed by atoms with Gasteiger partial charge in [0.15, 0.2) is 0 Å². The van der Waals surface area contributed by atoms with Gasteiger partial charge in [0.05, 0.1) is 11.7 Å². The first-order valence-corrected chi connectivity index (χ1v) is 9.18. The van der Waals surface area contributed by atoms with Crippen LogP contribution in [0.5, 0.6) is 0 Å². The standard InChI is InChI=1S/C19H26N6O2/c20-14-2-1-9-24(10-7-14)18(26)16(21)12-13-3-5-15(6-4-13)25-11-8-17(22)23-19(25)27/h3-6,8,11,14,16H,1-2,7,9-10,12,20-21H2,(H2,22,23,27). The maximum Gasteiger partial charge on any atom is 0.354 e. The molecular formula is C19H26N6O2. The fraction of sp³-hybridized carbons (Fsp3) is 0.421. The van der Waals surface area contributed by atoms with Crippen LogP contribution in [0, 0.1) is 0 Å². The quantitative estimate of drug-likeness (QED) is 0.695. The van der Waals surface area contributed by atoms with Crippen LogP contribution in [0.25, 0.3) is 5.69 Å². The predicted octanol–water partition coefficient (Wildman–Crippen LogP) is 0.0243. The molecule has 2 aromatic rings. The number of rotatable bonds is 4. The first-order valence-electron chi connectivity index (χ1n) is 9.18. The van der Waals surface area contributed by atoms with Gasteiger partial charge in [0.1, 0.15) is 5.82 Å². The molecular weight excluding hydrogens is 344 g/mol. The lowest BCUT2D eigenvalue weighted by atomic mass is 10.0. The molecule has 0 saturated carbocycles. The summed E-state index contributed by atoms with van der Waals surface area (Å²) in [5, 5.41) is 0. The zero-order chi connectivity index (χ0) is 19.4. The van der Waals surface area contributed by atoms with E-state index in [1.807, 2.05) is 17.0 Å². The summed E-state index contributed by atoms with van der Waals surface area (Å²) in [5.74, 6) is 0.152. The first kappa shape index (κ1) is 19.1. The molecule has 6 N–H and O–H groups in total. The van der Waals surface area contributed by atoms with Gasteiger partial charge in [-0.1, -0.05) is 12.1 Å². The van der Waals surface area contributed by atoms with Crippen LogP contribution in [-0.2, 0) is 11.2 Å². The van der Waals surface area contributed by atoms with Crippen molar-refractivity contribution >= 4 is 11.7 Å². The lowest BCUT2D eigenvalue weighted by Gasteiger charge is -2.24. The number of anilines is 1. The molecule has 1 fully saturated rings. The van der Waals surface area contributed by atoms with E-state index in [9.17, 15) is 9.59 Å². The third-order valence-corrected chi connectivity index (χ3v) is 4.90. The number of nitrogens with two attached hydrogens (primary N) is 3. The molecule has 1 aromatic carbocycles. The molecule has 2 heterocycles. The van der Waals surface area contributed by atoms with Crippen LogP contribution in [0.15, 0.2) is 41.3 Å². The number of hydrogen-bond acceptors (Lipinski definition) is 6. The van der Waals surface area contributed by atoms with Crippen LogP contribution in [0.4, 0.5) is 5.82 Å². The van der Waals surface area contributed by atoms with Crippen molar-refractivity contribution in [2.45, 2.75) is 37.8 Å². The summed E-state index contributed by atoms with van der Waals surface area (Å²) in [6.45, 7) is 1.38. The Balaban J connectivity index is 1.65. The molecule has 8 nitrogen and oxygen atoms in total. The number of carbonyl (C=O) groups is 1. The van der Waals surface area contributed by atoms with Crippen LogP contribution < -0.4 is 22.9 Å². The Bertz CT molecular complexity index is 848. The van der Waals surface area contributed by atoms with Gasteiger partial charge >= 0.3 is 5.69 Å². The molecule has 1 aromatic heterocycles. The van der Waals surface area contributed by atoms with Crippen molar-refractivity contribution in [1.82, 2.24) is 14.5 Å². The van der Waals surface area contributed by atoms with Gasteiger partial charge in [-0.25, -0.2) is 4.79 Å². The molecule has 27 heavy (non-hydrogen) atoms. The summed E-state index contributed by atoms with van der Waals surface area (Å²) >= 11 is 0. The second kappa shape index (κ2) is 8.32. The van der Waals surface area contributed by atoms with E-state index in [-0.39, 0.29) is 17.8 Å². The number of likely N-dealkylation sites (tertiary alicyclic amines) is 1. The lowest BCUT2D eigenvalue weighted by molar-refractivity contribution is -0.132. The Hall–Kier alpha value is -2.71. The molecule has 1 aliphatic heterocycles. The summed E-state index contributed by atoms with van der Waals surface area (Å²) < 4.78 is 1.41. The topological polar surface area (TPSA) is 133 Å². The highest BCUT2D eigenvalue weighted by Crippen LogP contribution is 2.13. The highest BCUT2D eigenvalue weighted by atomic mass is 16.2. The molecule has 2 atom stereocenters. The summed E-state index contributed by atoms with van der Waals surface area (Å²) in [7, 11) is 0. The van der Waals surface area contributed by atoms with Gasteiger partial charge in [0.25, 0.3) is 0 Å². The van der Waals surface area contributed by atoms with Gasteiger partial charge in [-0.05, 0) is 49.4 Å². The SMILES string of the molecule is Nc1ccn(-c2ccc(CC(N)C(=O)N3CCCC(N)CC3)cc2)c(=O)n1. The van der Waals surface area contributed by atoms with Gasteiger partial charge in [-0.15, -0.1) is 0 Å². The van der Waals surface area contributed by atoms with Crippen molar-refractivity contribution in [2.75, 3.05) is 18.8 Å². The molecule has 0 bridgehead atoms. The smallest absolute Gasteiger partial charge is 0.354 e. The van der Waals surface area contributed by atoms with Gasteiger partial charge in [0, 0.05) is 25.3 Å². The highest BCUT2D eigenvalue weighted by molar-refractivity contribution is 5.82. The second-order valence-electron chi connectivity index (χ2n) is 7.00. The summed E-state index contributed by atoms with van der Waals surface area (Å²) in [5.41, 5.74) is 18.8. The fourth-order valence-electron chi connectivity index (χ4n) is 3.32. The first-order chi connectivity index (χ1) is 12.9. The molecule has 1 aliphatic rings. The Kier molecular flexibility index (Phi) is 5.88. The maximum atomic E-state index is 12.6. The molecule has 0 radical (unpaired) electrons. The Labute approximate surface area is 158 Å². The molecule has 2 unspecified atom stereocenters. The average molecular weight is 370 g/mol. The maximum absolute atomic E-state index is 12.6. The van der Waals surface area contributed by atoms with E-state index in [0.29, 0.717) is 25.2 Å². The lowest BCUT2D eigenvalue weighted by Crippen LogP contribution is -2.45. The number of aromatic nitrogens is 2. The van der Waals surface area contributed by atoms with Gasteiger partial charge in [-0.3, -0.25) is 9.36 Å². The number of amides is 1. The number of carbonyl (C=O) groups excluding carboxylic acids is 1. The van der Waals surface area contributed by atoms with Crippen LogP contribution in [-0.4, -0.2) is 45.5 Å². The van der Waals surface area contributed by atoms with Crippen LogP contribution in [0.2, 0.25) is 0 Å². The van der Waals surface area contributed by atoms with Crippen LogP contribution >= 0.6 is 0 Å². The molecule has 8 heteroatoms. The van der Waals surface area contributed by atoms with Crippen molar-refractivity contribution in [2.24, 2.45) is 11.5 Å². The van der Waals surface area contributed by atoms with Crippen molar-refractivity contribution in [3.05, 3.63) is 52.6 Å². The van der Waals surface area contributed by atoms with Crippen molar-refractivity contribution < 1.29 is 4.79 Å². The van der Waals surface area contributed by atoms with Crippen LogP contribution in [0.1, 0.15) is 24.8 Å². The Morgan fingerprint density at radius 3 is 2.63 bits per heavy atom. The zero-order valence-corrected chi connectivity index (χ0v) is 15.3. The second-order valence-corrected chi connectivity index (χ2v) is 7.00. The highest BCUT2D eigenvalue weighted by Gasteiger charge is 2.23. The zero-order valence-electron chi connectivity index (χ0n) is 15.3. The molecule has 0 aliphatic carbocycles. The molecule has 1 saturated heterocycles. The average Bonchev–Trinajstić information content (AvgIpc) is 2.86. The third kappa shape index (κ3) is 4.72. The van der Waals surface area contributed by atoms with E-state index in [1.54, 1.807) is 24.4 Å². The van der Waals surface area contributed by atoms with E-state index in [1.165, 1.54) is 4.57 Å². The molecule has 0 spiro atoms. The normalized spacial score (nSPS) is 18.7. The number of benzene rings is 1. The molecule has 3 rings (SSSR count). The minimum atomic E-state index is -0.592. The Morgan fingerprint density at radius 1 is 1.19 bits per heavy atom. The van der Waals surface area contributed by atoms with E-state index in [2.05, 4.69) is 4.98 Å². The number of nitrogen functional groups attached to an aromatic ring is 1. The van der Waals surface area contributed by atoms with Crippen LogP contribution in [0.3, 0.4) is 0 Å². The summed E-state index contributed by atoms with van der Waals surface area (Å²) in [4.78, 5) is 30.1. The third-order valence-electron chi connectivity index (χ3n) is 4.90. The minimum Gasteiger partial charge on any atom is -0.383 e. The van der Waals surface area contributed by atoms with Crippen molar-refractivity contribution in [1.29, 1.82) is 0 Å². The van der Waals surface area contributed by atoms with E-state index in [4.69, 9.17) is 17.2 Å². The molecule has 1 amide bonds. The molecule has 144 valence electrons. The Morgan fingerprint density at radius 2 is 1.93 bits per heavy atom. The van der Waals surface area contributed by atoms with Gasteiger partial charge in [0.2, 0.25) is 5.91 Å².